The molecule has 0 unspecified atom stereocenters. The minimum absolute atomic E-state index is 0.0510. The zero-order valence-corrected chi connectivity index (χ0v) is 19.6. The molecule has 0 radical (unpaired) electrons. The van der Waals surface area contributed by atoms with E-state index in [-0.39, 0.29) is 24.5 Å². The predicted octanol–water partition coefficient (Wildman–Crippen LogP) is 3.08. The van der Waals surface area contributed by atoms with Crippen LogP contribution in [0.2, 0.25) is 0 Å². The summed E-state index contributed by atoms with van der Waals surface area (Å²) >= 11 is 1.48. The number of nitrogens with zero attached hydrogens (tertiary/aromatic N) is 3. The molecule has 1 aromatic heterocycles. The molecule has 0 bridgehead atoms. The van der Waals surface area contributed by atoms with Gasteiger partial charge in [0, 0.05) is 31.1 Å². The summed E-state index contributed by atoms with van der Waals surface area (Å²) in [6.07, 6.45) is 0.0510. The lowest BCUT2D eigenvalue weighted by Crippen LogP contribution is -2.48. The monoisotopic (exact) mass is 455 g/mol. The molecule has 4 rings (SSSR count). The quantitative estimate of drug-likeness (QED) is 0.570. The number of ether oxygens (including phenoxy) is 2. The van der Waals surface area contributed by atoms with Crippen LogP contribution in [0.5, 0.6) is 5.75 Å². The molecule has 3 heterocycles. The second kappa shape index (κ2) is 9.75. The van der Waals surface area contributed by atoms with Crippen LogP contribution >= 0.6 is 11.3 Å². The van der Waals surface area contributed by atoms with Gasteiger partial charge in [-0.2, -0.15) is 0 Å². The molecule has 170 valence electrons. The molecule has 2 aromatic rings. The van der Waals surface area contributed by atoms with Gasteiger partial charge in [0.1, 0.15) is 11.4 Å². The molecule has 7 nitrogen and oxygen atoms in total. The average Bonchev–Trinajstić information content (AvgIpc) is 3.41. The van der Waals surface area contributed by atoms with Gasteiger partial charge in [0.25, 0.3) is 11.8 Å². The first kappa shape index (κ1) is 22.4. The minimum Gasteiger partial charge on any atom is -0.495 e. The molecule has 1 aromatic carbocycles. The maximum atomic E-state index is 13.4. The smallest absolute Gasteiger partial charge is 0.277 e. The first-order valence-corrected chi connectivity index (χ1v) is 11.8. The highest BCUT2D eigenvalue weighted by Crippen LogP contribution is 2.35. The number of rotatable bonds is 8. The van der Waals surface area contributed by atoms with Gasteiger partial charge in [-0.15, -0.1) is 11.3 Å². The summed E-state index contributed by atoms with van der Waals surface area (Å²) < 4.78 is 11.1. The molecule has 2 amide bonds. The van der Waals surface area contributed by atoms with Gasteiger partial charge in [-0.25, -0.2) is 0 Å². The summed E-state index contributed by atoms with van der Waals surface area (Å²) in [5, 5.41) is 1.93. The van der Waals surface area contributed by atoms with Crippen LogP contribution in [0.1, 0.15) is 18.7 Å². The van der Waals surface area contributed by atoms with Gasteiger partial charge in [0.2, 0.25) is 0 Å². The molecule has 0 saturated carbocycles. The summed E-state index contributed by atoms with van der Waals surface area (Å²) in [5.74, 6) is 0.381. The lowest BCUT2D eigenvalue weighted by atomic mass is 10.1. The minimum atomic E-state index is -0.230. The van der Waals surface area contributed by atoms with Crippen LogP contribution in [-0.4, -0.2) is 74.2 Å². The summed E-state index contributed by atoms with van der Waals surface area (Å²) in [6, 6.07) is 11.8. The van der Waals surface area contributed by atoms with Gasteiger partial charge in [0.15, 0.2) is 0 Å². The van der Waals surface area contributed by atoms with Gasteiger partial charge in [-0.1, -0.05) is 18.2 Å². The number of para-hydroxylation sites is 2. The van der Waals surface area contributed by atoms with E-state index < -0.39 is 0 Å². The van der Waals surface area contributed by atoms with Crippen LogP contribution in [0.15, 0.2) is 47.5 Å². The molecule has 0 N–H and O–H groups in total. The number of hydrogen-bond acceptors (Lipinski definition) is 7. The van der Waals surface area contributed by atoms with Crippen molar-refractivity contribution < 1.29 is 19.1 Å². The highest BCUT2D eigenvalue weighted by atomic mass is 32.1. The third-order valence-electron chi connectivity index (χ3n) is 5.70. The van der Waals surface area contributed by atoms with Gasteiger partial charge >= 0.3 is 0 Å². The third-order valence-corrected chi connectivity index (χ3v) is 6.59. The Morgan fingerprint density at radius 3 is 2.34 bits per heavy atom. The van der Waals surface area contributed by atoms with Crippen molar-refractivity contribution in [1.82, 2.24) is 9.80 Å². The molecule has 0 atom stereocenters. The molecule has 8 heteroatoms. The second-order valence-electron chi connectivity index (χ2n) is 8.03. The van der Waals surface area contributed by atoms with Crippen molar-refractivity contribution in [1.29, 1.82) is 0 Å². The Balaban J connectivity index is 1.55. The Hall–Kier alpha value is -2.84. The maximum absolute atomic E-state index is 13.4. The van der Waals surface area contributed by atoms with Crippen LogP contribution in [0, 0.1) is 0 Å². The van der Waals surface area contributed by atoms with Crippen LogP contribution in [0.25, 0.3) is 5.57 Å². The zero-order chi connectivity index (χ0) is 22.7. The maximum Gasteiger partial charge on any atom is 0.277 e. The number of benzene rings is 1. The normalized spacial score (nSPS) is 17.2. The number of hydrogen-bond donors (Lipinski definition) is 0. The van der Waals surface area contributed by atoms with Crippen molar-refractivity contribution in [2.45, 2.75) is 20.0 Å². The number of imide groups is 1. The number of amides is 2. The van der Waals surface area contributed by atoms with E-state index in [1.165, 1.54) is 16.2 Å². The van der Waals surface area contributed by atoms with E-state index in [0.29, 0.717) is 31.0 Å². The van der Waals surface area contributed by atoms with E-state index in [4.69, 9.17) is 9.47 Å². The molecule has 32 heavy (non-hydrogen) atoms. The number of carbonyl (C=O) groups is 2. The molecule has 1 saturated heterocycles. The van der Waals surface area contributed by atoms with Crippen molar-refractivity contribution in [2.24, 2.45) is 0 Å². The topological polar surface area (TPSA) is 62.3 Å². The van der Waals surface area contributed by atoms with Crippen molar-refractivity contribution in [3.8, 4) is 5.75 Å². The standard InChI is InChI=1S/C24H29N3O4S/c1-17(2)31-15-14-27-23(28)21(20-9-6-16-32-20)22(24(27)29)26-12-10-25(11-13-26)18-7-4-5-8-19(18)30-3/h4-9,16-17H,10-15H2,1-3H3. The number of thiophene rings is 1. The fourth-order valence-electron chi connectivity index (χ4n) is 4.14. The Labute approximate surface area is 192 Å². The predicted molar refractivity (Wildman–Crippen MR) is 126 cm³/mol. The Morgan fingerprint density at radius 2 is 1.69 bits per heavy atom. The molecular weight excluding hydrogens is 426 g/mol. The average molecular weight is 456 g/mol. The third kappa shape index (κ3) is 4.38. The first-order valence-electron chi connectivity index (χ1n) is 10.9. The number of anilines is 1. The summed E-state index contributed by atoms with van der Waals surface area (Å²) in [4.78, 5) is 33.1. The first-order chi connectivity index (χ1) is 15.5. The molecular formula is C24H29N3O4S. The lowest BCUT2D eigenvalue weighted by Gasteiger charge is -2.38. The molecule has 0 spiro atoms. The highest BCUT2D eigenvalue weighted by Gasteiger charge is 2.42. The summed E-state index contributed by atoms with van der Waals surface area (Å²) in [5.41, 5.74) is 2.07. The van der Waals surface area contributed by atoms with Crippen molar-refractivity contribution in [3.05, 3.63) is 52.4 Å². The Morgan fingerprint density at radius 1 is 0.969 bits per heavy atom. The van der Waals surface area contributed by atoms with E-state index in [9.17, 15) is 9.59 Å². The molecule has 1 fully saturated rings. The number of carbonyl (C=O) groups excluding carboxylic acids is 2. The lowest BCUT2D eigenvalue weighted by molar-refractivity contribution is -0.138. The van der Waals surface area contributed by atoms with Gasteiger partial charge in [-0.3, -0.25) is 14.5 Å². The van der Waals surface area contributed by atoms with E-state index in [0.717, 1.165) is 29.4 Å². The van der Waals surface area contributed by atoms with Crippen LogP contribution < -0.4 is 9.64 Å². The summed E-state index contributed by atoms with van der Waals surface area (Å²) in [7, 11) is 1.67. The number of piperazine rings is 1. The number of methoxy groups -OCH3 is 1. The van der Waals surface area contributed by atoms with Gasteiger partial charge in [0.05, 0.1) is 37.6 Å². The Bertz CT molecular complexity index is 994. The van der Waals surface area contributed by atoms with Crippen LogP contribution in [0.4, 0.5) is 5.69 Å². The van der Waals surface area contributed by atoms with Crippen molar-refractivity contribution in [2.75, 3.05) is 51.3 Å². The SMILES string of the molecule is COc1ccccc1N1CCN(C2=C(c3cccs3)C(=O)N(CCOC(C)C)C2=O)CC1. The molecule has 0 aliphatic carbocycles. The Kier molecular flexibility index (Phi) is 6.81. The van der Waals surface area contributed by atoms with Crippen molar-refractivity contribution in [3.63, 3.8) is 0 Å². The van der Waals surface area contributed by atoms with E-state index in [2.05, 4.69) is 9.80 Å². The van der Waals surface area contributed by atoms with Gasteiger partial charge < -0.3 is 19.3 Å². The van der Waals surface area contributed by atoms with Gasteiger partial charge in [-0.05, 0) is 37.4 Å². The second-order valence-corrected chi connectivity index (χ2v) is 8.98. The van der Waals surface area contributed by atoms with Crippen LogP contribution in [-0.2, 0) is 14.3 Å². The van der Waals surface area contributed by atoms with Crippen molar-refractivity contribution >= 4 is 34.4 Å². The molecule has 2 aliphatic rings. The summed E-state index contributed by atoms with van der Waals surface area (Å²) in [6.45, 7) is 7.25. The van der Waals surface area contributed by atoms with E-state index in [1.54, 1.807) is 7.11 Å². The van der Waals surface area contributed by atoms with E-state index >= 15 is 0 Å². The fourth-order valence-corrected chi connectivity index (χ4v) is 4.91. The highest BCUT2D eigenvalue weighted by molar-refractivity contribution is 7.11. The largest absolute Gasteiger partial charge is 0.495 e. The van der Waals surface area contributed by atoms with Crippen LogP contribution in [0.3, 0.4) is 0 Å². The molecule has 2 aliphatic heterocycles. The zero-order valence-electron chi connectivity index (χ0n) is 18.7. The van der Waals surface area contributed by atoms with E-state index in [1.807, 2.05) is 55.6 Å². The fraction of sp³-hybridized carbons (Fsp3) is 0.417.